The van der Waals surface area contributed by atoms with E-state index in [2.05, 4.69) is 39.0 Å². The first-order valence-corrected chi connectivity index (χ1v) is 11.0. The summed E-state index contributed by atoms with van der Waals surface area (Å²) in [6.45, 7) is 6.72. The van der Waals surface area contributed by atoms with Crippen LogP contribution in [0.2, 0.25) is 5.15 Å². The Kier molecular flexibility index (Phi) is 5.33. The molecule has 0 saturated carbocycles. The second-order valence-electron chi connectivity index (χ2n) is 8.49. The highest BCUT2D eigenvalue weighted by Crippen LogP contribution is 2.38. The number of hydrogen-bond donors (Lipinski definition) is 1. The molecule has 3 heterocycles. The third kappa shape index (κ3) is 3.94. The summed E-state index contributed by atoms with van der Waals surface area (Å²) in [5, 5.41) is 1.75. The lowest BCUT2D eigenvalue weighted by atomic mass is 9.89. The van der Waals surface area contributed by atoms with E-state index in [0.29, 0.717) is 11.1 Å². The van der Waals surface area contributed by atoms with Crippen molar-refractivity contribution in [2.45, 2.75) is 38.3 Å². The summed E-state index contributed by atoms with van der Waals surface area (Å²) >= 11 is 6.49. The van der Waals surface area contributed by atoms with Gasteiger partial charge < -0.3 is 9.88 Å². The standard InChI is InChI=1S/C24H27ClFN3/c25-24-23(21-7-6-20(26)14-22(21)27-24)17-8-12-28(13-9-17)10-3-11-29-15-18-4-1-2-5-19(18)16-29/h1-2,4-7,14,17,27H,3,8-13,15-16H2. The van der Waals surface area contributed by atoms with Crippen LogP contribution in [0.3, 0.4) is 0 Å². The molecule has 1 fully saturated rings. The van der Waals surface area contributed by atoms with Crippen LogP contribution in [-0.4, -0.2) is 41.0 Å². The Morgan fingerprint density at radius 2 is 1.66 bits per heavy atom. The van der Waals surface area contributed by atoms with Gasteiger partial charge >= 0.3 is 0 Å². The zero-order chi connectivity index (χ0) is 19.8. The summed E-state index contributed by atoms with van der Waals surface area (Å²) < 4.78 is 13.5. The predicted octanol–water partition coefficient (Wildman–Crippen LogP) is 5.55. The van der Waals surface area contributed by atoms with Gasteiger partial charge in [0.05, 0.1) is 0 Å². The Balaban J connectivity index is 1.13. The van der Waals surface area contributed by atoms with Crippen LogP contribution in [0.15, 0.2) is 42.5 Å². The smallest absolute Gasteiger partial charge is 0.125 e. The van der Waals surface area contributed by atoms with Crippen LogP contribution in [0, 0.1) is 5.82 Å². The lowest BCUT2D eigenvalue weighted by Crippen LogP contribution is -2.35. The average Bonchev–Trinajstić information content (AvgIpc) is 3.28. The molecule has 0 bridgehead atoms. The quantitative estimate of drug-likeness (QED) is 0.595. The highest BCUT2D eigenvalue weighted by molar-refractivity contribution is 6.31. The Bertz CT molecular complexity index is 982. The largest absolute Gasteiger partial charge is 0.345 e. The van der Waals surface area contributed by atoms with Crippen molar-refractivity contribution in [3.63, 3.8) is 0 Å². The number of aromatic nitrogens is 1. The second-order valence-corrected chi connectivity index (χ2v) is 8.87. The zero-order valence-electron chi connectivity index (χ0n) is 16.6. The Hall–Kier alpha value is -1.88. The molecule has 0 aliphatic carbocycles. The molecule has 5 heteroatoms. The molecule has 0 unspecified atom stereocenters. The summed E-state index contributed by atoms with van der Waals surface area (Å²) in [4.78, 5) is 8.30. The minimum absolute atomic E-state index is 0.224. The van der Waals surface area contributed by atoms with E-state index < -0.39 is 0 Å². The normalized spacial score (nSPS) is 18.6. The molecule has 29 heavy (non-hydrogen) atoms. The number of halogens is 2. The summed E-state index contributed by atoms with van der Waals surface area (Å²) in [5.74, 6) is 0.226. The number of hydrogen-bond acceptors (Lipinski definition) is 2. The topological polar surface area (TPSA) is 22.3 Å². The fourth-order valence-corrected chi connectivity index (χ4v) is 5.44. The molecule has 1 saturated heterocycles. The van der Waals surface area contributed by atoms with E-state index >= 15 is 0 Å². The molecule has 2 aliphatic heterocycles. The molecule has 3 nitrogen and oxygen atoms in total. The van der Waals surface area contributed by atoms with Gasteiger partial charge in [-0.15, -0.1) is 0 Å². The molecule has 0 amide bonds. The number of piperidine rings is 1. The maximum atomic E-state index is 13.5. The number of rotatable bonds is 5. The molecule has 3 aromatic rings. The van der Waals surface area contributed by atoms with E-state index in [1.165, 1.54) is 35.2 Å². The highest BCUT2D eigenvalue weighted by Gasteiger charge is 2.25. The third-order valence-corrected chi connectivity index (χ3v) is 6.90. The number of nitrogens with one attached hydrogen (secondary N) is 1. The number of benzene rings is 2. The maximum Gasteiger partial charge on any atom is 0.125 e. The van der Waals surface area contributed by atoms with Gasteiger partial charge in [0, 0.05) is 30.5 Å². The van der Waals surface area contributed by atoms with Crippen molar-refractivity contribution >= 4 is 22.5 Å². The van der Waals surface area contributed by atoms with Gasteiger partial charge in [0.2, 0.25) is 0 Å². The van der Waals surface area contributed by atoms with Gasteiger partial charge in [0.25, 0.3) is 0 Å². The van der Waals surface area contributed by atoms with Crippen LogP contribution in [0.1, 0.15) is 41.9 Å². The lowest BCUT2D eigenvalue weighted by Gasteiger charge is -2.32. The van der Waals surface area contributed by atoms with E-state index in [9.17, 15) is 4.39 Å². The van der Waals surface area contributed by atoms with Gasteiger partial charge in [-0.25, -0.2) is 4.39 Å². The number of nitrogens with zero attached hydrogens (tertiary/aromatic N) is 2. The van der Waals surface area contributed by atoms with E-state index in [1.54, 1.807) is 0 Å². The van der Waals surface area contributed by atoms with E-state index in [1.807, 2.05) is 6.07 Å². The van der Waals surface area contributed by atoms with E-state index in [0.717, 1.165) is 63.0 Å². The zero-order valence-corrected chi connectivity index (χ0v) is 17.4. The Labute approximate surface area is 176 Å². The molecule has 5 rings (SSSR count). The number of H-pyrrole nitrogens is 1. The van der Waals surface area contributed by atoms with Crippen molar-refractivity contribution in [1.82, 2.24) is 14.8 Å². The lowest BCUT2D eigenvalue weighted by molar-refractivity contribution is 0.192. The number of likely N-dealkylation sites (tertiary alicyclic amines) is 1. The van der Waals surface area contributed by atoms with Gasteiger partial charge in [-0.1, -0.05) is 35.9 Å². The molecule has 2 aliphatic rings. The van der Waals surface area contributed by atoms with Gasteiger partial charge in [-0.05, 0) is 79.7 Å². The fourth-order valence-electron chi connectivity index (χ4n) is 5.08. The minimum atomic E-state index is -0.224. The Morgan fingerprint density at radius 3 is 2.38 bits per heavy atom. The van der Waals surface area contributed by atoms with Crippen LogP contribution in [-0.2, 0) is 13.1 Å². The molecule has 2 aromatic carbocycles. The molecule has 0 radical (unpaired) electrons. The average molecular weight is 412 g/mol. The first-order chi connectivity index (χ1) is 14.2. The van der Waals surface area contributed by atoms with E-state index in [-0.39, 0.29) is 5.82 Å². The van der Waals surface area contributed by atoms with E-state index in [4.69, 9.17) is 11.6 Å². The van der Waals surface area contributed by atoms with Crippen molar-refractivity contribution in [2.24, 2.45) is 0 Å². The van der Waals surface area contributed by atoms with Gasteiger partial charge in [-0.2, -0.15) is 0 Å². The van der Waals surface area contributed by atoms with Crippen LogP contribution < -0.4 is 0 Å². The molecular weight excluding hydrogens is 385 g/mol. The van der Waals surface area contributed by atoms with Crippen molar-refractivity contribution in [3.05, 3.63) is 70.1 Å². The molecular formula is C24H27ClFN3. The predicted molar refractivity (Wildman–Crippen MR) is 117 cm³/mol. The second kappa shape index (κ2) is 8.10. The molecule has 0 spiro atoms. The minimum Gasteiger partial charge on any atom is -0.345 e. The summed E-state index contributed by atoms with van der Waals surface area (Å²) in [6.07, 6.45) is 3.43. The SMILES string of the molecule is Fc1ccc2c(C3CCN(CCCN4Cc5ccccc5C4)CC3)c(Cl)[nH]c2c1. The third-order valence-electron chi connectivity index (χ3n) is 6.60. The monoisotopic (exact) mass is 411 g/mol. The summed E-state index contributed by atoms with van der Waals surface area (Å²) in [6, 6.07) is 13.7. The first kappa shape index (κ1) is 19.1. The van der Waals surface area contributed by atoms with Crippen LogP contribution >= 0.6 is 11.6 Å². The fraction of sp³-hybridized carbons (Fsp3) is 0.417. The molecule has 1 aromatic heterocycles. The maximum absolute atomic E-state index is 13.5. The number of aromatic amines is 1. The molecule has 1 N–H and O–H groups in total. The van der Waals surface area contributed by atoms with Gasteiger partial charge in [0.15, 0.2) is 0 Å². The summed E-state index contributed by atoms with van der Waals surface area (Å²) in [5.41, 5.74) is 4.96. The Morgan fingerprint density at radius 1 is 0.966 bits per heavy atom. The van der Waals surface area contributed by atoms with Crippen molar-refractivity contribution in [1.29, 1.82) is 0 Å². The number of fused-ring (bicyclic) bond motifs is 2. The van der Waals surface area contributed by atoms with Crippen LogP contribution in [0.4, 0.5) is 4.39 Å². The van der Waals surface area contributed by atoms with Crippen molar-refractivity contribution in [2.75, 3.05) is 26.2 Å². The van der Waals surface area contributed by atoms with Crippen LogP contribution in [0.25, 0.3) is 10.9 Å². The molecule has 152 valence electrons. The van der Waals surface area contributed by atoms with Crippen LogP contribution in [0.5, 0.6) is 0 Å². The highest BCUT2D eigenvalue weighted by atomic mass is 35.5. The van der Waals surface area contributed by atoms with Crippen molar-refractivity contribution < 1.29 is 4.39 Å². The van der Waals surface area contributed by atoms with Crippen molar-refractivity contribution in [3.8, 4) is 0 Å². The first-order valence-electron chi connectivity index (χ1n) is 10.7. The summed E-state index contributed by atoms with van der Waals surface area (Å²) in [7, 11) is 0. The van der Waals surface area contributed by atoms with Gasteiger partial charge in [-0.3, -0.25) is 4.90 Å². The molecule has 0 atom stereocenters. The van der Waals surface area contributed by atoms with Gasteiger partial charge in [0.1, 0.15) is 11.0 Å².